The summed E-state index contributed by atoms with van der Waals surface area (Å²) in [6, 6.07) is 12.8. The van der Waals surface area contributed by atoms with Gasteiger partial charge in [0.1, 0.15) is 11.6 Å². The SMILES string of the molecule is CCc1nnc2n1CCN(C(=O)c1ccnc(Oc3ccccc3)c1)C2. The number of aromatic nitrogens is 4. The van der Waals surface area contributed by atoms with Crippen LogP contribution in [0.15, 0.2) is 48.7 Å². The number of aryl methyl sites for hydroxylation is 1. The van der Waals surface area contributed by atoms with Crippen LogP contribution in [0.2, 0.25) is 0 Å². The van der Waals surface area contributed by atoms with Crippen molar-refractivity contribution in [2.45, 2.75) is 26.4 Å². The van der Waals surface area contributed by atoms with Gasteiger partial charge in [-0.2, -0.15) is 0 Å². The first kappa shape index (κ1) is 16.3. The first-order valence-electron chi connectivity index (χ1n) is 8.64. The monoisotopic (exact) mass is 349 g/mol. The summed E-state index contributed by atoms with van der Waals surface area (Å²) in [6.07, 6.45) is 2.43. The van der Waals surface area contributed by atoms with E-state index >= 15 is 0 Å². The Balaban J connectivity index is 1.51. The van der Waals surface area contributed by atoms with Crippen molar-refractivity contribution in [1.29, 1.82) is 0 Å². The number of para-hydroxylation sites is 1. The average molecular weight is 349 g/mol. The summed E-state index contributed by atoms with van der Waals surface area (Å²) < 4.78 is 7.82. The first-order chi connectivity index (χ1) is 12.7. The topological polar surface area (TPSA) is 73.1 Å². The number of nitrogens with zero attached hydrogens (tertiary/aromatic N) is 5. The van der Waals surface area contributed by atoms with Crippen LogP contribution in [0.25, 0.3) is 0 Å². The van der Waals surface area contributed by atoms with E-state index in [-0.39, 0.29) is 5.91 Å². The van der Waals surface area contributed by atoms with E-state index in [9.17, 15) is 4.79 Å². The second-order valence-electron chi connectivity index (χ2n) is 6.06. The van der Waals surface area contributed by atoms with Gasteiger partial charge >= 0.3 is 0 Å². The number of carbonyl (C=O) groups excluding carboxylic acids is 1. The molecule has 1 aliphatic rings. The van der Waals surface area contributed by atoms with Crippen molar-refractivity contribution >= 4 is 5.91 Å². The fraction of sp³-hybridized carbons (Fsp3) is 0.263. The normalized spacial score (nSPS) is 13.3. The third-order valence-electron chi connectivity index (χ3n) is 4.38. The summed E-state index contributed by atoms with van der Waals surface area (Å²) in [4.78, 5) is 18.9. The van der Waals surface area contributed by atoms with E-state index in [1.165, 1.54) is 0 Å². The molecule has 2 aromatic heterocycles. The molecule has 4 rings (SSSR count). The molecule has 1 aliphatic heterocycles. The van der Waals surface area contributed by atoms with Crippen LogP contribution in [0.5, 0.6) is 11.6 Å². The number of amides is 1. The molecule has 0 unspecified atom stereocenters. The van der Waals surface area contributed by atoms with Crippen molar-refractivity contribution in [3.05, 3.63) is 65.9 Å². The van der Waals surface area contributed by atoms with E-state index < -0.39 is 0 Å². The van der Waals surface area contributed by atoms with Gasteiger partial charge in [-0.15, -0.1) is 10.2 Å². The first-order valence-corrected chi connectivity index (χ1v) is 8.64. The van der Waals surface area contributed by atoms with E-state index in [0.717, 1.165) is 24.6 Å². The molecule has 0 aliphatic carbocycles. The van der Waals surface area contributed by atoms with Crippen LogP contribution in [0.1, 0.15) is 28.9 Å². The summed E-state index contributed by atoms with van der Waals surface area (Å²) in [6.45, 7) is 3.87. The maximum atomic E-state index is 12.9. The maximum Gasteiger partial charge on any atom is 0.254 e. The highest BCUT2D eigenvalue weighted by molar-refractivity contribution is 5.94. The Labute approximate surface area is 151 Å². The maximum absolute atomic E-state index is 12.9. The van der Waals surface area contributed by atoms with Gasteiger partial charge in [-0.05, 0) is 18.2 Å². The Bertz CT molecular complexity index is 923. The quantitative estimate of drug-likeness (QED) is 0.724. The minimum atomic E-state index is -0.0578. The van der Waals surface area contributed by atoms with E-state index in [0.29, 0.717) is 30.3 Å². The Morgan fingerprint density at radius 3 is 2.81 bits per heavy atom. The van der Waals surface area contributed by atoms with Crippen LogP contribution < -0.4 is 4.74 Å². The predicted molar refractivity (Wildman–Crippen MR) is 94.9 cm³/mol. The van der Waals surface area contributed by atoms with Gasteiger partial charge < -0.3 is 14.2 Å². The highest BCUT2D eigenvalue weighted by atomic mass is 16.5. The second kappa shape index (κ2) is 6.95. The van der Waals surface area contributed by atoms with Crippen molar-refractivity contribution in [1.82, 2.24) is 24.6 Å². The second-order valence-corrected chi connectivity index (χ2v) is 6.06. The molecule has 7 heteroatoms. The zero-order chi connectivity index (χ0) is 17.9. The molecule has 0 saturated heterocycles. The Hall–Kier alpha value is -3.22. The molecule has 0 spiro atoms. The number of hydrogen-bond donors (Lipinski definition) is 0. The van der Waals surface area contributed by atoms with Crippen LogP contribution in [0.3, 0.4) is 0 Å². The van der Waals surface area contributed by atoms with Gasteiger partial charge in [0, 0.05) is 37.3 Å². The Kier molecular flexibility index (Phi) is 4.35. The van der Waals surface area contributed by atoms with Crippen LogP contribution in [-0.4, -0.2) is 37.1 Å². The lowest BCUT2D eigenvalue weighted by Gasteiger charge is -2.28. The van der Waals surface area contributed by atoms with Crippen LogP contribution in [0, 0.1) is 0 Å². The number of hydrogen-bond acceptors (Lipinski definition) is 5. The molecular weight excluding hydrogens is 330 g/mol. The van der Waals surface area contributed by atoms with E-state index in [1.807, 2.05) is 30.3 Å². The van der Waals surface area contributed by atoms with E-state index in [2.05, 4.69) is 26.7 Å². The number of pyridine rings is 1. The van der Waals surface area contributed by atoms with Gasteiger partial charge in [0.05, 0.1) is 6.54 Å². The fourth-order valence-electron chi connectivity index (χ4n) is 3.04. The van der Waals surface area contributed by atoms with Crippen molar-refractivity contribution in [3.63, 3.8) is 0 Å². The molecule has 0 saturated carbocycles. The van der Waals surface area contributed by atoms with E-state index in [4.69, 9.17) is 4.74 Å². The Morgan fingerprint density at radius 2 is 2.00 bits per heavy atom. The molecule has 1 aromatic carbocycles. The van der Waals surface area contributed by atoms with Crippen LogP contribution in [-0.2, 0) is 19.5 Å². The highest BCUT2D eigenvalue weighted by Crippen LogP contribution is 2.21. The minimum absolute atomic E-state index is 0.0578. The molecular formula is C19H19N5O2. The van der Waals surface area contributed by atoms with Gasteiger partial charge in [0.15, 0.2) is 5.82 Å². The predicted octanol–water partition coefficient (Wildman–Crippen LogP) is 2.68. The van der Waals surface area contributed by atoms with Gasteiger partial charge in [0.2, 0.25) is 5.88 Å². The van der Waals surface area contributed by atoms with Gasteiger partial charge in [-0.25, -0.2) is 4.98 Å². The lowest BCUT2D eigenvalue weighted by Crippen LogP contribution is -2.38. The van der Waals surface area contributed by atoms with Gasteiger partial charge in [-0.1, -0.05) is 25.1 Å². The summed E-state index contributed by atoms with van der Waals surface area (Å²) in [7, 11) is 0. The fourth-order valence-corrected chi connectivity index (χ4v) is 3.04. The zero-order valence-electron chi connectivity index (χ0n) is 14.5. The van der Waals surface area contributed by atoms with E-state index in [1.54, 1.807) is 23.2 Å². The lowest BCUT2D eigenvalue weighted by molar-refractivity contribution is 0.0706. The van der Waals surface area contributed by atoms with Crippen molar-refractivity contribution in [2.24, 2.45) is 0 Å². The highest BCUT2D eigenvalue weighted by Gasteiger charge is 2.25. The third kappa shape index (κ3) is 3.15. The summed E-state index contributed by atoms with van der Waals surface area (Å²) in [5, 5.41) is 8.40. The van der Waals surface area contributed by atoms with Crippen molar-refractivity contribution < 1.29 is 9.53 Å². The standard InChI is InChI=1S/C19H19N5O2/c1-2-16-21-22-17-13-23(10-11-24(16)17)19(25)14-8-9-20-18(12-14)26-15-6-4-3-5-7-15/h3-9,12H,2,10-11,13H2,1H3. The third-order valence-corrected chi connectivity index (χ3v) is 4.38. The molecule has 0 bridgehead atoms. The molecule has 3 heterocycles. The van der Waals surface area contributed by atoms with Crippen LogP contribution in [0.4, 0.5) is 0 Å². The lowest BCUT2D eigenvalue weighted by atomic mass is 10.2. The summed E-state index contributed by atoms with van der Waals surface area (Å²) in [5.74, 6) is 2.82. The van der Waals surface area contributed by atoms with Crippen molar-refractivity contribution in [2.75, 3.05) is 6.54 Å². The largest absolute Gasteiger partial charge is 0.439 e. The number of rotatable bonds is 4. The molecule has 132 valence electrons. The number of ether oxygens (including phenoxy) is 1. The molecule has 0 radical (unpaired) electrons. The minimum Gasteiger partial charge on any atom is -0.439 e. The average Bonchev–Trinajstić information content (AvgIpc) is 3.11. The number of fused-ring (bicyclic) bond motifs is 1. The molecule has 0 fully saturated rings. The Morgan fingerprint density at radius 1 is 1.15 bits per heavy atom. The molecule has 26 heavy (non-hydrogen) atoms. The molecule has 0 N–H and O–H groups in total. The van der Waals surface area contributed by atoms with Gasteiger partial charge in [0.25, 0.3) is 5.91 Å². The molecule has 0 atom stereocenters. The smallest absolute Gasteiger partial charge is 0.254 e. The molecule has 7 nitrogen and oxygen atoms in total. The molecule has 3 aromatic rings. The summed E-state index contributed by atoms with van der Waals surface area (Å²) in [5.41, 5.74) is 0.551. The van der Waals surface area contributed by atoms with Gasteiger partial charge in [-0.3, -0.25) is 4.79 Å². The summed E-state index contributed by atoms with van der Waals surface area (Å²) >= 11 is 0. The zero-order valence-corrected chi connectivity index (χ0v) is 14.5. The van der Waals surface area contributed by atoms with Crippen molar-refractivity contribution in [3.8, 4) is 11.6 Å². The number of benzene rings is 1. The number of carbonyl (C=O) groups is 1. The van der Waals surface area contributed by atoms with Crippen LogP contribution >= 0.6 is 0 Å². The molecule has 1 amide bonds.